The van der Waals surface area contributed by atoms with Gasteiger partial charge in [0.15, 0.2) is 0 Å². The summed E-state index contributed by atoms with van der Waals surface area (Å²) in [6.45, 7) is 4.52. The van der Waals surface area contributed by atoms with Crippen LogP contribution in [-0.4, -0.2) is 9.38 Å². The highest BCUT2D eigenvalue weighted by atomic mass is 16.1. The minimum Gasteiger partial charge on any atom is -0.268 e. The van der Waals surface area contributed by atoms with E-state index in [0.29, 0.717) is 29.3 Å². The van der Waals surface area contributed by atoms with Gasteiger partial charge in [-0.3, -0.25) is 9.20 Å². The maximum Gasteiger partial charge on any atom is 0.266 e. The first-order valence-electron chi connectivity index (χ1n) is 9.94. The third-order valence-electron chi connectivity index (χ3n) is 6.39. The summed E-state index contributed by atoms with van der Waals surface area (Å²) in [5, 5.41) is 0. The van der Waals surface area contributed by atoms with E-state index >= 15 is 0 Å². The number of pyridine rings is 1. The first-order chi connectivity index (χ1) is 13.1. The molecule has 2 aromatic heterocycles. The predicted molar refractivity (Wildman–Crippen MR) is 110 cm³/mol. The highest BCUT2D eigenvalue weighted by Crippen LogP contribution is 2.52. The van der Waals surface area contributed by atoms with Gasteiger partial charge < -0.3 is 0 Å². The van der Waals surface area contributed by atoms with Gasteiger partial charge in [-0.2, -0.15) is 0 Å². The Bertz CT molecular complexity index is 1100. The quantitative estimate of drug-likeness (QED) is 0.767. The van der Waals surface area contributed by atoms with Gasteiger partial charge in [-0.1, -0.05) is 56.4 Å². The van der Waals surface area contributed by atoms with Crippen LogP contribution in [0.5, 0.6) is 0 Å². The Hall–Kier alpha value is -2.68. The Balaban J connectivity index is 1.78. The van der Waals surface area contributed by atoms with Crippen molar-refractivity contribution in [3.63, 3.8) is 0 Å². The van der Waals surface area contributed by atoms with Gasteiger partial charge in [0, 0.05) is 6.20 Å². The summed E-state index contributed by atoms with van der Waals surface area (Å²) in [6, 6.07) is 5.74. The topological polar surface area (TPSA) is 34.4 Å². The van der Waals surface area contributed by atoms with Crippen molar-refractivity contribution in [2.45, 2.75) is 26.7 Å². The zero-order chi connectivity index (χ0) is 18.5. The SMILES string of the molecule is CC1CCC=CC=C1c1nc2ccccn2c(=O)c1C1=CC2C(C)C2C=C1. The third-order valence-corrected chi connectivity index (χ3v) is 6.39. The van der Waals surface area contributed by atoms with Crippen LogP contribution >= 0.6 is 0 Å². The molecule has 3 heteroatoms. The Labute approximate surface area is 159 Å². The standard InChI is InChI=1S/C24H24N2O/c1-15-8-4-3-5-9-18(15)23-22(17-11-12-19-16(2)20(19)14-17)24(27)26-13-7-6-10-21(26)25-23/h3,5-7,9-16,19-20H,4,8H2,1-2H3. The highest BCUT2D eigenvalue weighted by Gasteiger charge is 2.45. The molecule has 4 unspecified atom stereocenters. The Morgan fingerprint density at radius 1 is 1.19 bits per heavy atom. The second kappa shape index (κ2) is 6.19. The lowest BCUT2D eigenvalue weighted by molar-refractivity contribution is 0.676. The van der Waals surface area contributed by atoms with Crippen LogP contribution in [-0.2, 0) is 0 Å². The minimum atomic E-state index is 0.0274. The molecule has 0 N–H and O–H groups in total. The lowest BCUT2D eigenvalue weighted by atomic mass is 9.89. The van der Waals surface area contributed by atoms with Crippen molar-refractivity contribution in [1.82, 2.24) is 9.38 Å². The molecule has 0 aliphatic heterocycles. The average molecular weight is 356 g/mol. The second-order valence-corrected chi connectivity index (χ2v) is 8.09. The molecule has 4 atom stereocenters. The van der Waals surface area contributed by atoms with Crippen molar-refractivity contribution in [1.29, 1.82) is 0 Å². The monoisotopic (exact) mass is 356 g/mol. The molecular formula is C24H24N2O. The van der Waals surface area contributed by atoms with Gasteiger partial charge >= 0.3 is 0 Å². The minimum absolute atomic E-state index is 0.0274. The van der Waals surface area contributed by atoms with Crippen LogP contribution in [0.25, 0.3) is 16.8 Å². The fourth-order valence-electron chi connectivity index (χ4n) is 4.54. The summed E-state index contributed by atoms with van der Waals surface area (Å²) in [5.41, 5.74) is 4.55. The van der Waals surface area contributed by atoms with Crippen LogP contribution in [0.3, 0.4) is 0 Å². The lowest BCUT2D eigenvalue weighted by Gasteiger charge is -2.19. The number of nitrogens with zero attached hydrogens (tertiary/aromatic N) is 2. The van der Waals surface area contributed by atoms with Crippen molar-refractivity contribution in [2.75, 3.05) is 0 Å². The van der Waals surface area contributed by atoms with Gasteiger partial charge in [0.1, 0.15) is 5.65 Å². The van der Waals surface area contributed by atoms with Gasteiger partial charge in [-0.15, -0.1) is 0 Å². The molecule has 136 valence electrons. The number of hydrogen-bond donors (Lipinski definition) is 0. The van der Waals surface area contributed by atoms with E-state index < -0.39 is 0 Å². The maximum absolute atomic E-state index is 13.5. The zero-order valence-corrected chi connectivity index (χ0v) is 15.8. The Morgan fingerprint density at radius 3 is 2.93 bits per heavy atom. The van der Waals surface area contributed by atoms with Gasteiger partial charge in [0.05, 0.1) is 11.3 Å². The molecule has 0 radical (unpaired) electrons. The molecule has 0 saturated heterocycles. The van der Waals surface area contributed by atoms with Crippen LogP contribution in [0.2, 0.25) is 0 Å². The highest BCUT2D eigenvalue weighted by molar-refractivity contribution is 5.84. The van der Waals surface area contributed by atoms with Crippen molar-refractivity contribution >= 4 is 16.8 Å². The fraction of sp³-hybridized carbons (Fsp3) is 0.333. The molecule has 3 aliphatic rings. The molecule has 0 aromatic carbocycles. The lowest BCUT2D eigenvalue weighted by Crippen LogP contribution is -2.23. The number of allylic oxidation sites excluding steroid dienone is 8. The summed E-state index contributed by atoms with van der Waals surface area (Å²) < 4.78 is 1.67. The molecule has 0 bridgehead atoms. The molecule has 1 saturated carbocycles. The molecule has 3 nitrogen and oxygen atoms in total. The molecule has 2 heterocycles. The van der Waals surface area contributed by atoms with Gasteiger partial charge in [0.2, 0.25) is 0 Å². The number of hydrogen-bond acceptors (Lipinski definition) is 2. The van der Waals surface area contributed by atoms with Crippen LogP contribution in [0.4, 0.5) is 0 Å². The van der Waals surface area contributed by atoms with Gasteiger partial charge in [-0.05, 0) is 59.8 Å². The first kappa shape index (κ1) is 16.5. The number of fused-ring (bicyclic) bond motifs is 2. The molecular weight excluding hydrogens is 332 g/mol. The van der Waals surface area contributed by atoms with Crippen LogP contribution < -0.4 is 5.56 Å². The zero-order valence-electron chi connectivity index (χ0n) is 15.8. The van der Waals surface area contributed by atoms with Crippen molar-refractivity contribution < 1.29 is 0 Å². The van der Waals surface area contributed by atoms with E-state index in [4.69, 9.17) is 4.98 Å². The van der Waals surface area contributed by atoms with E-state index in [1.807, 2.05) is 24.4 Å². The van der Waals surface area contributed by atoms with Gasteiger partial charge in [-0.25, -0.2) is 4.98 Å². The van der Waals surface area contributed by atoms with Crippen LogP contribution in [0.15, 0.2) is 65.6 Å². The molecule has 5 rings (SSSR count). The van der Waals surface area contributed by atoms with E-state index in [9.17, 15) is 4.79 Å². The Morgan fingerprint density at radius 2 is 2.07 bits per heavy atom. The summed E-state index contributed by atoms with van der Waals surface area (Å²) in [7, 11) is 0. The van der Waals surface area contributed by atoms with E-state index in [0.717, 1.165) is 29.7 Å². The molecule has 27 heavy (non-hydrogen) atoms. The van der Waals surface area contributed by atoms with Crippen LogP contribution in [0, 0.1) is 23.7 Å². The summed E-state index contributed by atoms with van der Waals surface area (Å²) in [4.78, 5) is 18.5. The van der Waals surface area contributed by atoms with E-state index in [2.05, 4.69) is 50.3 Å². The fourth-order valence-corrected chi connectivity index (χ4v) is 4.54. The predicted octanol–water partition coefficient (Wildman–Crippen LogP) is 4.90. The average Bonchev–Trinajstić information content (AvgIpc) is 3.38. The molecule has 0 spiro atoms. The normalized spacial score (nSPS) is 29.1. The summed E-state index contributed by atoms with van der Waals surface area (Å²) in [6.07, 6.45) is 17.1. The smallest absolute Gasteiger partial charge is 0.266 e. The second-order valence-electron chi connectivity index (χ2n) is 8.09. The van der Waals surface area contributed by atoms with Crippen molar-refractivity contribution in [3.8, 4) is 0 Å². The number of rotatable bonds is 2. The molecule has 2 aromatic rings. The van der Waals surface area contributed by atoms with E-state index in [1.165, 1.54) is 5.57 Å². The van der Waals surface area contributed by atoms with Gasteiger partial charge in [0.25, 0.3) is 5.56 Å². The first-order valence-corrected chi connectivity index (χ1v) is 9.94. The number of aromatic nitrogens is 2. The largest absolute Gasteiger partial charge is 0.268 e. The molecule has 1 fully saturated rings. The summed E-state index contributed by atoms with van der Waals surface area (Å²) >= 11 is 0. The summed E-state index contributed by atoms with van der Waals surface area (Å²) in [5.74, 6) is 2.26. The molecule has 3 aliphatic carbocycles. The Kier molecular flexibility index (Phi) is 3.78. The van der Waals surface area contributed by atoms with E-state index in [1.54, 1.807) is 4.40 Å². The van der Waals surface area contributed by atoms with Crippen molar-refractivity contribution in [3.05, 3.63) is 82.5 Å². The maximum atomic E-state index is 13.5. The third kappa shape index (κ3) is 2.64. The van der Waals surface area contributed by atoms with Crippen LogP contribution in [0.1, 0.15) is 37.9 Å². The van der Waals surface area contributed by atoms with E-state index in [-0.39, 0.29) is 5.56 Å². The molecule has 0 amide bonds. The van der Waals surface area contributed by atoms with Crippen molar-refractivity contribution in [2.24, 2.45) is 23.7 Å².